The zero-order chi connectivity index (χ0) is 16.9. The van der Waals surface area contributed by atoms with E-state index in [-0.39, 0.29) is 17.2 Å². The van der Waals surface area contributed by atoms with Gasteiger partial charge in [0.2, 0.25) is 5.91 Å². The summed E-state index contributed by atoms with van der Waals surface area (Å²) in [7, 11) is 0. The standard InChI is InChI=1S/C18H27ClN2O2/c1-3-13(2)16(20)17(22)21-12-18(8-10-23-11-9-18)14-6-4-5-7-15(14)19/h4-7,13,16H,3,8-12,20H2,1-2H3,(H,21,22). The summed E-state index contributed by atoms with van der Waals surface area (Å²) in [5.41, 5.74) is 6.94. The molecule has 1 aliphatic heterocycles. The van der Waals surface area contributed by atoms with Gasteiger partial charge < -0.3 is 15.8 Å². The van der Waals surface area contributed by atoms with Crippen molar-refractivity contribution < 1.29 is 9.53 Å². The van der Waals surface area contributed by atoms with Gasteiger partial charge in [0.25, 0.3) is 0 Å². The van der Waals surface area contributed by atoms with Crippen LogP contribution in [0.4, 0.5) is 0 Å². The maximum atomic E-state index is 12.3. The molecule has 1 aromatic carbocycles. The summed E-state index contributed by atoms with van der Waals surface area (Å²) < 4.78 is 5.52. The Balaban J connectivity index is 2.14. The largest absolute Gasteiger partial charge is 0.381 e. The molecule has 1 aromatic rings. The molecular weight excluding hydrogens is 312 g/mol. The summed E-state index contributed by atoms with van der Waals surface area (Å²) in [4.78, 5) is 12.3. The van der Waals surface area contributed by atoms with E-state index < -0.39 is 6.04 Å². The third kappa shape index (κ3) is 4.25. The molecular formula is C18H27ClN2O2. The van der Waals surface area contributed by atoms with E-state index in [9.17, 15) is 4.79 Å². The van der Waals surface area contributed by atoms with Crippen LogP contribution < -0.4 is 11.1 Å². The maximum absolute atomic E-state index is 12.3. The first kappa shape index (κ1) is 18.2. The first-order valence-corrected chi connectivity index (χ1v) is 8.74. The zero-order valence-corrected chi connectivity index (χ0v) is 14.7. The lowest BCUT2D eigenvalue weighted by Crippen LogP contribution is -2.50. The van der Waals surface area contributed by atoms with E-state index in [1.807, 2.05) is 32.0 Å². The summed E-state index contributed by atoms with van der Waals surface area (Å²) in [5.74, 6) is 0.0817. The molecule has 1 fully saturated rings. The molecule has 128 valence electrons. The van der Waals surface area contributed by atoms with Crippen molar-refractivity contribution in [2.24, 2.45) is 11.7 Å². The molecule has 0 saturated carbocycles. The number of ether oxygens (including phenoxy) is 1. The Labute approximate surface area is 143 Å². The Kier molecular flexibility index (Phi) is 6.45. The van der Waals surface area contributed by atoms with Gasteiger partial charge in [-0.3, -0.25) is 4.79 Å². The number of hydrogen-bond acceptors (Lipinski definition) is 3. The Morgan fingerprint density at radius 3 is 2.65 bits per heavy atom. The zero-order valence-electron chi connectivity index (χ0n) is 14.0. The van der Waals surface area contributed by atoms with E-state index in [1.54, 1.807) is 0 Å². The highest BCUT2D eigenvalue weighted by atomic mass is 35.5. The van der Waals surface area contributed by atoms with Crippen LogP contribution >= 0.6 is 11.6 Å². The van der Waals surface area contributed by atoms with Crippen molar-refractivity contribution in [1.29, 1.82) is 0 Å². The van der Waals surface area contributed by atoms with Gasteiger partial charge in [0.05, 0.1) is 6.04 Å². The highest BCUT2D eigenvalue weighted by Crippen LogP contribution is 2.38. The summed E-state index contributed by atoms with van der Waals surface area (Å²) in [5, 5.41) is 3.80. The van der Waals surface area contributed by atoms with Crippen LogP contribution in [0.5, 0.6) is 0 Å². The quantitative estimate of drug-likeness (QED) is 0.838. The molecule has 1 heterocycles. The van der Waals surface area contributed by atoms with Gasteiger partial charge in [-0.15, -0.1) is 0 Å². The predicted octanol–water partition coefficient (Wildman–Crippen LogP) is 2.88. The van der Waals surface area contributed by atoms with E-state index in [0.29, 0.717) is 19.8 Å². The Hall–Kier alpha value is -1.10. The SMILES string of the molecule is CCC(C)C(N)C(=O)NCC1(c2ccccc2Cl)CCOCC1. The molecule has 0 spiro atoms. The molecule has 1 amide bonds. The second-order valence-corrected chi connectivity index (χ2v) is 6.91. The third-order valence-corrected chi connectivity index (χ3v) is 5.39. The molecule has 0 bridgehead atoms. The third-order valence-electron chi connectivity index (χ3n) is 5.06. The van der Waals surface area contributed by atoms with Gasteiger partial charge in [-0.2, -0.15) is 0 Å². The van der Waals surface area contributed by atoms with E-state index in [1.165, 1.54) is 0 Å². The number of rotatable bonds is 6. The fourth-order valence-corrected chi connectivity index (χ4v) is 3.42. The first-order chi connectivity index (χ1) is 11.0. The molecule has 1 aliphatic rings. The van der Waals surface area contributed by atoms with Crippen molar-refractivity contribution in [2.45, 2.75) is 44.6 Å². The first-order valence-electron chi connectivity index (χ1n) is 8.36. The van der Waals surface area contributed by atoms with Crippen LogP contribution in [-0.2, 0) is 14.9 Å². The van der Waals surface area contributed by atoms with Gasteiger partial charge >= 0.3 is 0 Å². The molecule has 2 unspecified atom stereocenters. The van der Waals surface area contributed by atoms with Crippen LogP contribution in [-0.4, -0.2) is 31.7 Å². The molecule has 2 rings (SSSR count). The number of carbonyl (C=O) groups excluding carboxylic acids is 1. The van der Waals surface area contributed by atoms with E-state index in [4.69, 9.17) is 22.1 Å². The monoisotopic (exact) mass is 338 g/mol. The van der Waals surface area contributed by atoms with Crippen LogP contribution in [0, 0.1) is 5.92 Å². The summed E-state index contributed by atoms with van der Waals surface area (Å²) in [6.07, 6.45) is 2.57. The van der Waals surface area contributed by atoms with Crippen LogP contribution in [0.2, 0.25) is 5.02 Å². The Bertz CT molecular complexity index is 530. The van der Waals surface area contributed by atoms with Crippen molar-refractivity contribution >= 4 is 17.5 Å². The average molecular weight is 339 g/mol. The van der Waals surface area contributed by atoms with Gasteiger partial charge in [-0.25, -0.2) is 0 Å². The lowest BCUT2D eigenvalue weighted by Gasteiger charge is -2.38. The van der Waals surface area contributed by atoms with Crippen LogP contribution in [0.15, 0.2) is 24.3 Å². The predicted molar refractivity (Wildman–Crippen MR) is 93.6 cm³/mol. The van der Waals surface area contributed by atoms with E-state index in [2.05, 4.69) is 11.4 Å². The van der Waals surface area contributed by atoms with Crippen LogP contribution in [0.3, 0.4) is 0 Å². The number of nitrogens with two attached hydrogens (primary N) is 1. The van der Waals surface area contributed by atoms with E-state index in [0.717, 1.165) is 29.8 Å². The minimum atomic E-state index is -0.469. The number of halogens is 1. The van der Waals surface area contributed by atoms with Crippen molar-refractivity contribution in [2.75, 3.05) is 19.8 Å². The Morgan fingerprint density at radius 1 is 1.39 bits per heavy atom. The van der Waals surface area contributed by atoms with Gasteiger partial charge in [0.15, 0.2) is 0 Å². The highest BCUT2D eigenvalue weighted by Gasteiger charge is 2.36. The molecule has 0 radical (unpaired) electrons. The minimum absolute atomic E-state index is 0.0859. The second kappa shape index (κ2) is 8.13. The number of amides is 1. The van der Waals surface area contributed by atoms with Crippen LogP contribution in [0.25, 0.3) is 0 Å². The molecule has 5 heteroatoms. The fourth-order valence-electron chi connectivity index (χ4n) is 3.08. The summed E-state index contributed by atoms with van der Waals surface area (Å²) in [6.45, 7) is 5.95. The lowest BCUT2D eigenvalue weighted by molar-refractivity contribution is -0.123. The molecule has 3 N–H and O–H groups in total. The number of hydrogen-bond donors (Lipinski definition) is 2. The topological polar surface area (TPSA) is 64.4 Å². The molecule has 2 atom stereocenters. The number of benzene rings is 1. The highest BCUT2D eigenvalue weighted by molar-refractivity contribution is 6.31. The summed E-state index contributed by atoms with van der Waals surface area (Å²) >= 11 is 6.42. The lowest BCUT2D eigenvalue weighted by atomic mass is 9.74. The second-order valence-electron chi connectivity index (χ2n) is 6.50. The van der Waals surface area contributed by atoms with E-state index >= 15 is 0 Å². The summed E-state index contributed by atoms with van der Waals surface area (Å²) in [6, 6.07) is 7.40. The molecule has 4 nitrogen and oxygen atoms in total. The van der Waals surface area contributed by atoms with Crippen LogP contribution in [0.1, 0.15) is 38.7 Å². The van der Waals surface area contributed by atoms with Gasteiger partial charge in [-0.1, -0.05) is 50.1 Å². The molecule has 1 saturated heterocycles. The van der Waals surface area contributed by atoms with Crippen molar-refractivity contribution in [3.63, 3.8) is 0 Å². The van der Waals surface area contributed by atoms with Crippen molar-refractivity contribution in [3.8, 4) is 0 Å². The minimum Gasteiger partial charge on any atom is -0.381 e. The number of carbonyl (C=O) groups is 1. The smallest absolute Gasteiger partial charge is 0.237 e. The normalized spacial score (nSPS) is 19.8. The van der Waals surface area contributed by atoms with Gasteiger partial charge in [0, 0.05) is 30.2 Å². The fraction of sp³-hybridized carbons (Fsp3) is 0.611. The van der Waals surface area contributed by atoms with Gasteiger partial charge in [-0.05, 0) is 30.4 Å². The van der Waals surface area contributed by atoms with Gasteiger partial charge in [0.1, 0.15) is 0 Å². The van der Waals surface area contributed by atoms with Crippen molar-refractivity contribution in [1.82, 2.24) is 5.32 Å². The molecule has 0 aromatic heterocycles. The Morgan fingerprint density at radius 2 is 2.04 bits per heavy atom. The maximum Gasteiger partial charge on any atom is 0.237 e. The molecule has 0 aliphatic carbocycles. The molecule has 23 heavy (non-hydrogen) atoms. The average Bonchev–Trinajstić information content (AvgIpc) is 2.59. The number of nitrogens with one attached hydrogen (secondary N) is 1. The van der Waals surface area contributed by atoms with Crippen molar-refractivity contribution in [3.05, 3.63) is 34.9 Å².